The van der Waals surface area contributed by atoms with Crippen molar-refractivity contribution in [2.75, 3.05) is 0 Å². The van der Waals surface area contributed by atoms with E-state index >= 15 is 0 Å². The predicted octanol–water partition coefficient (Wildman–Crippen LogP) is 1.89. The van der Waals surface area contributed by atoms with Gasteiger partial charge in [-0.1, -0.05) is 30.3 Å². The van der Waals surface area contributed by atoms with Crippen LogP contribution in [0.5, 0.6) is 5.75 Å². The van der Waals surface area contributed by atoms with Crippen molar-refractivity contribution in [1.29, 1.82) is 0 Å². The molecule has 140 valence electrons. The molecule has 0 aliphatic carbocycles. The average Bonchev–Trinajstić information content (AvgIpc) is 3.06. The molecular weight excluding hydrogens is 370 g/mol. The largest absolute Gasteiger partial charge is 0.507 e. The summed E-state index contributed by atoms with van der Waals surface area (Å²) in [4.78, 5) is 15.1. The molecule has 0 amide bonds. The van der Waals surface area contributed by atoms with Crippen LogP contribution in [0.15, 0.2) is 65.8 Å². The van der Waals surface area contributed by atoms with Crippen molar-refractivity contribution >= 4 is 16.0 Å². The second kappa shape index (κ2) is 7.22. The summed E-state index contributed by atoms with van der Waals surface area (Å²) in [5.41, 5.74) is 0.179. The van der Waals surface area contributed by atoms with Gasteiger partial charge in [-0.15, -0.1) is 0 Å². The summed E-state index contributed by atoms with van der Waals surface area (Å²) in [7, 11) is -2.36. The maximum Gasteiger partial charge on any atom is 0.339 e. The molecule has 1 atom stereocenters. The number of rotatable bonds is 6. The monoisotopic (exact) mass is 387 g/mol. The van der Waals surface area contributed by atoms with Gasteiger partial charge in [-0.05, 0) is 23.8 Å². The van der Waals surface area contributed by atoms with Gasteiger partial charge in [0, 0.05) is 19.4 Å². The molecule has 0 saturated heterocycles. The van der Waals surface area contributed by atoms with Gasteiger partial charge in [0.2, 0.25) is 10.0 Å². The molecule has 2 aromatic carbocycles. The van der Waals surface area contributed by atoms with Crippen LogP contribution < -0.4 is 4.72 Å². The first kappa shape index (κ1) is 18.6. The number of aromatic hydroxyl groups is 1. The van der Waals surface area contributed by atoms with E-state index < -0.39 is 33.3 Å². The van der Waals surface area contributed by atoms with Gasteiger partial charge in [-0.2, -0.15) is 4.72 Å². The molecule has 27 heavy (non-hydrogen) atoms. The molecule has 1 heterocycles. The zero-order valence-corrected chi connectivity index (χ0v) is 15.1. The van der Waals surface area contributed by atoms with E-state index in [0.29, 0.717) is 11.4 Å². The van der Waals surface area contributed by atoms with E-state index in [-0.39, 0.29) is 4.90 Å². The minimum Gasteiger partial charge on any atom is -0.507 e. The lowest BCUT2D eigenvalue weighted by Crippen LogP contribution is -2.31. The highest BCUT2D eigenvalue weighted by Crippen LogP contribution is 2.25. The van der Waals surface area contributed by atoms with Gasteiger partial charge < -0.3 is 14.8 Å². The number of phenols is 1. The molecular formula is C18H17N3O5S. The number of hydrogen-bond acceptors (Lipinski definition) is 5. The SMILES string of the molecule is Cn1ccnc1[C@H](NS(=O)(=O)c1ccc(O)c(C(=O)O)c1)c1ccccc1. The Morgan fingerprint density at radius 1 is 1.19 bits per heavy atom. The number of hydrogen-bond donors (Lipinski definition) is 3. The van der Waals surface area contributed by atoms with Crippen molar-refractivity contribution in [1.82, 2.24) is 14.3 Å². The number of nitrogens with zero attached hydrogens (tertiary/aromatic N) is 2. The molecule has 3 aromatic rings. The summed E-state index contributed by atoms with van der Waals surface area (Å²) in [6.45, 7) is 0. The molecule has 0 radical (unpaired) electrons. The van der Waals surface area contributed by atoms with Gasteiger partial charge >= 0.3 is 5.97 Å². The van der Waals surface area contributed by atoms with Crippen LogP contribution in [0.25, 0.3) is 0 Å². The van der Waals surface area contributed by atoms with Gasteiger partial charge in [-0.3, -0.25) is 0 Å². The number of carboxylic acid groups (broad SMARTS) is 1. The third-order valence-corrected chi connectivity index (χ3v) is 5.45. The summed E-state index contributed by atoms with van der Waals surface area (Å²) < 4.78 is 30.0. The molecule has 0 spiro atoms. The molecule has 1 aromatic heterocycles. The van der Waals surface area contributed by atoms with Crippen molar-refractivity contribution in [2.24, 2.45) is 7.05 Å². The Balaban J connectivity index is 2.04. The number of carbonyl (C=O) groups is 1. The first-order valence-electron chi connectivity index (χ1n) is 7.90. The number of aryl methyl sites for hydroxylation is 1. The normalized spacial score (nSPS) is 12.6. The minimum absolute atomic E-state index is 0.271. The van der Waals surface area contributed by atoms with E-state index in [1.54, 1.807) is 48.3 Å². The third-order valence-electron chi connectivity index (χ3n) is 4.03. The fraction of sp³-hybridized carbons (Fsp3) is 0.111. The lowest BCUT2D eigenvalue weighted by molar-refractivity contribution is 0.0693. The Bertz CT molecular complexity index is 1080. The van der Waals surface area contributed by atoms with Crippen molar-refractivity contribution in [3.8, 4) is 5.75 Å². The maximum atomic E-state index is 12.9. The van der Waals surface area contributed by atoms with Gasteiger partial charge in [0.25, 0.3) is 0 Å². The van der Waals surface area contributed by atoms with Crippen LogP contribution in [0.3, 0.4) is 0 Å². The molecule has 0 fully saturated rings. The molecule has 3 rings (SSSR count). The molecule has 0 saturated carbocycles. The quantitative estimate of drug-likeness (QED) is 0.594. The van der Waals surface area contributed by atoms with Crippen LogP contribution in [0.4, 0.5) is 0 Å². The standard InChI is InChI=1S/C18H17N3O5S/c1-21-10-9-19-17(21)16(12-5-3-2-4-6-12)20-27(25,26)13-7-8-15(22)14(11-13)18(23)24/h2-11,16,20,22H,1H3,(H,23,24)/t16-/m1/s1. The first-order chi connectivity index (χ1) is 12.8. The van der Waals surface area contributed by atoms with Crippen LogP contribution in [0.1, 0.15) is 27.8 Å². The molecule has 0 unspecified atom stereocenters. The minimum atomic E-state index is -4.10. The van der Waals surface area contributed by atoms with Crippen LogP contribution >= 0.6 is 0 Å². The van der Waals surface area contributed by atoms with Crippen molar-refractivity contribution in [3.63, 3.8) is 0 Å². The Kier molecular flexibility index (Phi) is 4.98. The van der Waals surface area contributed by atoms with Gasteiger partial charge in [-0.25, -0.2) is 18.2 Å². The van der Waals surface area contributed by atoms with Crippen LogP contribution in [-0.4, -0.2) is 34.2 Å². The van der Waals surface area contributed by atoms with Crippen molar-refractivity contribution in [3.05, 3.63) is 77.9 Å². The Morgan fingerprint density at radius 2 is 1.89 bits per heavy atom. The van der Waals surface area contributed by atoms with E-state index in [9.17, 15) is 18.3 Å². The highest BCUT2D eigenvalue weighted by Gasteiger charge is 2.26. The fourth-order valence-corrected chi connectivity index (χ4v) is 3.86. The van der Waals surface area contributed by atoms with Crippen molar-refractivity contribution < 1.29 is 23.4 Å². The van der Waals surface area contributed by atoms with E-state index in [1.807, 2.05) is 6.07 Å². The summed E-state index contributed by atoms with van der Waals surface area (Å²) in [5, 5.41) is 18.7. The molecule has 8 nitrogen and oxygen atoms in total. The Morgan fingerprint density at radius 3 is 2.48 bits per heavy atom. The Labute approximate surface area is 155 Å². The first-order valence-corrected chi connectivity index (χ1v) is 9.38. The zero-order valence-electron chi connectivity index (χ0n) is 14.3. The molecule has 0 bridgehead atoms. The summed E-state index contributed by atoms with van der Waals surface area (Å²) >= 11 is 0. The van der Waals surface area contributed by atoms with E-state index in [1.165, 1.54) is 0 Å². The molecule has 9 heteroatoms. The van der Waals surface area contributed by atoms with Crippen LogP contribution in [0, 0.1) is 0 Å². The zero-order chi connectivity index (χ0) is 19.6. The van der Waals surface area contributed by atoms with Gasteiger partial charge in [0.15, 0.2) is 0 Å². The summed E-state index contributed by atoms with van der Waals surface area (Å²) in [6, 6.07) is 11.2. The topological polar surface area (TPSA) is 122 Å². The fourth-order valence-electron chi connectivity index (χ4n) is 2.65. The lowest BCUT2D eigenvalue weighted by Gasteiger charge is -2.19. The molecule has 3 N–H and O–H groups in total. The smallest absolute Gasteiger partial charge is 0.339 e. The number of aromatic carboxylic acids is 1. The number of imidazole rings is 1. The van der Waals surface area contributed by atoms with Gasteiger partial charge in [0.1, 0.15) is 23.2 Å². The van der Waals surface area contributed by atoms with Crippen LogP contribution in [-0.2, 0) is 17.1 Å². The molecule has 0 aliphatic rings. The number of sulfonamides is 1. The van der Waals surface area contributed by atoms with Crippen LogP contribution in [0.2, 0.25) is 0 Å². The summed E-state index contributed by atoms with van der Waals surface area (Å²) in [5.74, 6) is -1.46. The number of carboxylic acids is 1. The van der Waals surface area contributed by atoms with Crippen molar-refractivity contribution in [2.45, 2.75) is 10.9 Å². The third kappa shape index (κ3) is 3.83. The average molecular weight is 387 g/mol. The van der Waals surface area contributed by atoms with E-state index in [2.05, 4.69) is 9.71 Å². The van der Waals surface area contributed by atoms with E-state index in [0.717, 1.165) is 18.2 Å². The highest BCUT2D eigenvalue weighted by atomic mass is 32.2. The lowest BCUT2D eigenvalue weighted by atomic mass is 10.1. The predicted molar refractivity (Wildman–Crippen MR) is 96.9 cm³/mol. The second-order valence-electron chi connectivity index (χ2n) is 5.85. The number of nitrogens with one attached hydrogen (secondary N) is 1. The maximum absolute atomic E-state index is 12.9. The highest BCUT2D eigenvalue weighted by molar-refractivity contribution is 7.89. The second-order valence-corrected chi connectivity index (χ2v) is 7.56. The van der Waals surface area contributed by atoms with E-state index in [4.69, 9.17) is 5.11 Å². The summed E-state index contributed by atoms with van der Waals surface area (Å²) in [6.07, 6.45) is 3.26. The van der Waals surface area contributed by atoms with Gasteiger partial charge in [0.05, 0.1) is 4.90 Å². The number of benzene rings is 2. The number of aromatic nitrogens is 2. The Hall–Kier alpha value is -3.17. The molecule has 0 aliphatic heterocycles.